The van der Waals surface area contributed by atoms with E-state index < -0.39 is 5.92 Å². The summed E-state index contributed by atoms with van der Waals surface area (Å²) < 4.78 is 0. The molecule has 3 amide bonds. The zero-order valence-corrected chi connectivity index (χ0v) is 12.0. The first-order valence-electron chi connectivity index (χ1n) is 6.80. The molecule has 0 aromatic carbocycles. The Labute approximate surface area is 114 Å². The van der Waals surface area contributed by atoms with E-state index in [1.807, 2.05) is 13.8 Å². The van der Waals surface area contributed by atoms with E-state index in [0.29, 0.717) is 13.1 Å². The van der Waals surface area contributed by atoms with Gasteiger partial charge in [-0.25, -0.2) is 0 Å². The molecule has 110 valence electrons. The second-order valence-corrected chi connectivity index (χ2v) is 4.42. The maximum atomic E-state index is 11.7. The summed E-state index contributed by atoms with van der Waals surface area (Å²) in [5.74, 6) is -1.28. The van der Waals surface area contributed by atoms with E-state index in [0.717, 1.165) is 12.8 Å². The largest absolute Gasteiger partial charge is 0.359 e. The van der Waals surface area contributed by atoms with Crippen molar-refractivity contribution in [2.75, 3.05) is 20.1 Å². The topological polar surface area (TPSA) is 87.3 Å². The summed E-state index contributed by atoms with van der Waals surface area (Å²) >= 11 is 0. The average molecular weight is 271 g/mol. The van der Waals surface area contributed by atoms with Gasteiger partial charge in [0.2, 0.25) is 17.7 Å². The zero-order chi connectivity index (χ0) is 14.7. The van der Waals surface area contributed by atoms with Gasteiger partial charge in [-0.3, -0.25) is 14.4 Å². The van der Waals surface area contributed by atoms with Crippen LogP contribution in [0.4, 0.5) is 0 Å². The third-order valence-electron chi connectivity index (χ3n) is 2.63. The van der Waals surface area contributed by atoms with Crippen LogP contribution in [0.5, 0.6) is 0 Å². The molecule has 0 bridgehead atoms. The van der Waals surface area contributed by atoms with Crippen LogP contribution in [0.1, 0.15) is 39.5 Å². The zero-order valence-electron chi connectivity index (χ0n) is 12.0. The first kappa shape index (κ1) is 17.4. The van der Waals surface area contributed by atoms with Crippen molar-refractivity contribution in [1.82, 2.24) is 16.0 Å². The van der Waals surface area contributed by atoms with Gasteiger partial charge in [-0.05, 0) is 12.8 Å². The molecule has 0 radical (unpaired) electrons. The molecule has 0 saturated carbocycles. The van der Waals surface area contributed by atoms with Crippen LogP contribution in [0.3, 0.4) is 0 Å². The molecule has 0 aromatic heterocycles. The van der Waals surface area contributed by atoms with Crippen molar-refractivity contribution in [2.24, 2.45) is 5.92 Å². The summed E-state index contributed by atoms with van der Waals surface area (Å²) in [6, 6.07) is 0. The van der Waals surface area contributed by atoms with E-state index in [2.05, 4.69) is 16.0 Å². The monoisotopic (exact) mass is 271 g/mol. The van der Waals surface area contributed by atoms with Crippen LogP contribution >= 0.6 is 0 Å². The van der Waals surface area contributed by atoms with Gasteiger partial charge in [-0.2, -0.15) is 0 Å². The first-order valence-corrected chi connectivity index (χ1v) is 6.80. The fraction of sp³-hybridized carbons (Fsp3) is 0.769. The van der Waals surface area contributed by atoms with Crippen LogP contribution in [0, 0.1) is 5.92 Å². The van der Waals surface area contributed by atoms with E-state index in [1.165, 1.54) is 7.05 Å². The SMILES string of the molecule is CCCNC(=O)CC(CC(=O)NCCC)C(=O)NC. The Hall–Kier alpha value is -1.59. The van der Waals surface area contributed by atoms with E-state index >= 15 is 0 Å². The average Bonchev–Trinajstić information content (AvgIpc) is 2.41. The van der Waals surface area contributed by atoms with Crippen molar-refractivity contribution >= 4 is 17.7 Å². The fourth-order valence-corrected chi connectivity index (χ4v) is 1.58. The van der Waals surface area contributed by atoms with Crippen molar-refractivity contribution < 1.29 is 14.4 Å². The molecule has 0 aromatic rings. The molecule has 0 heterocycles. The lowest BCUT2D eigenvalue weighted by Gasteiger charge is -2.15. The highest BCUT2D eigenvalue weighted by Crippen LogP contribution is 2.09. The van der Waals surface area contributed by atoms with Crippen molar-refractivity contribution in [3.05, 3.63) is 0 Å². The van der Waals surface area contributed by atoms with Gasteiger partial charge in [0.15, 0.2) is 0 Å². The number of carbonyl (C=O) groups excluding carboxylic acids is 3. The highest BCUT2D eigenvalue weighted by molar-refractivity contribution is 5.89. The Bertz CT molecular complexity index is 284. The van der Waals surface area contributed by atoms with Crippen LogP contribution in [-0.4, -0.2) is 37.9 Å². The van der Waals surface area contributed by atoms with Gasteiger partial charge in [0.1, 0.15) is 0 Å². The predicted molar refractivity (Wildman–Crippen MR) is 73.4 cm³/mol. The lowest BCUT2D eigenvalue weighted by molar-refractivity contribution is -0.133. The minimum atomic E-state index is -0.612. The van der Waals surface area contributed by atoms with E-state index in [9.17, 15) is 14.4 Å². The first-order chi connectivity index (χ1) is 9.04. The molecule has 0 atom stereocenters. The smallest absolute Gasteiger partial charge is 0.223 e. The third-order valence-corrected chi connectivity index (χ3v) is 2.63. The molecule has 6 nitrogen and oxygen atoms in total. The van der Waals surface area contributed by atoms with Gasteiger partial charge in [-0.1, -0.05) is 13.8 Å². The summed E-state index contributed by atoms with van der Waals surface area (Å²) in [5, 5.41) is 7.90. The van der Waals surface area contributed by atoms with Gasteiger partial charge < -0.3 is 16.0 Å². The molecule has 3 N–H and O–H groups in total. The quantitative estimate of drug-likeness (QED) is 0.559. The number of nitrogens with one attached hydrogen (secondary N) is 3. The molecular weight excluding hydrogens is 246 g/mol. The molecule has 0 fully saturated rings. The number of amides is 3. The minimum absolute atomic E-state index is 0.0409. The Kier molecular flexibility index (Phi) is 9.48. The summed E-state index contributed by atoms with van der Waals surface area (Å²) in [4.78, 5) is 34.9. The van der Waals surface area contributed by atoms with Gasteiger partial charge >= 0.3 is 0 Å². The molecule has 0 spiro atoms. The molecule has 0 rings (SSSR count). The van der Waals surface area contributed by atoms with Gasteiger partial charge in [0.25, 0.3) is 0 Å². The normalized spacial score (nSPS) is 10.1. The molecular formula is C13H25N3O3. The lowest BCUT2D eigenvalue weighted by atomic mass is 9.99. The maximum Gasteiger partial charge on any atom is 0.223 e. The molecule has 0 saturated heterocycles. The van der Waals surface area contributed by atoms with E-state index in [-0.39, 0.29) is 30.6 Å². The van der Waals surface area contributed by atoms with E-state index in [4.69, 9.17) is 0 Å². The summed E-state index contributed by atoms with van der Waals surface area (Å²) in [6.07, 6.45) is 1.76. The van der Waals surface area contributed by atoms with Crippen molar-refractivity contribution in [2.45, 2.75) is 39.5 Å². The Morgan fingerprint density at radius 3 is 1.63 bits per heavy atom. The number of rotatable bonds is 9. The van der Waals surface area contributed by atoms with Crippen LogP contribution in [0.15, 0.2) is 0 Å². The Morgan fingerprint density at radius 2 is 1.32 bits per heavy atom. The molecule has 19 heavy (non-hydrogen) atoms. The van der Waals surface area contributed by atoms with E-state index in [1.54, 1.807) is 0 Å². The number of carbonyl (C=O) groups is 3. The second-order valence-electron chi connectivity index (χ2n) is 4.42. The Balaban J connectivity index is 4.34. The van der Waals surface area contributed by atoms with Gasteiger partial charge in [0, 0.05) is 33.0 Å². The van der Waals surface area contributed by atoms with Gasteiger partial charge in [-0.15, -0.1) is 0 Å². The molecule has 0 aliphatic heterocycles. The molecule has 0 unspecified atom stereocenters. The summed E-state index contributed by atoms with van der Waals surface area (Å²) in [6.45, 7) is 5.08. The highest BCUT2D eigenvalue weighted by Gasteiger charge is 2.23. The molecule has 0 aliphatic carbocycles. The second kappa shape index (κ2) is 10.3. The van der Waals surface area contributed by atoms with Crippen molar-refractivity contribution in [3.8, 4) is 0 Å². The number of hydrogen-bond acceptors (Lipinski definition) is 3. The predicted octanol–water partition coefficient (Wildman–Crippen LogP) is 0.181. The van der Waals surface area contributed by atoms with Gasteiger partial charge in [0.05, 0.1) is 5.92 Å². The third kappa shape index (κ3) is 8.18. The molecule has 0 aliphatic rings. The van der Waals surface area contributed by atoms with Crippen LogP contribution in [0.2, 0.25) is 0 Å². The minimum Gasteiger partial charge on any atom is -0.359 e. The van der Waals surface area contributed by atoms with Crippen molar-refractivity contribution in [1.29, 1.82) is 0 Å². The van der Waals surface area contributed by atoms with Crippen LogP contribution in [-0.2, 0) is 14.4 Å². The van der Waals surface area contributed by atoms with Crippen LogP contribution in [0.25, 0.3) is 0 Å². The summed E-state index contributed by atoms with van der Waals surface area (Å²) in [7, 11) is 1.50. The lowest BCUT2D eigenvalue weighted by Crippen LogP contribution is -2.37. The highest BCUT2D eigenvalue weighted by atomic mass is 16.2. The van der Waals surface area contributed by atoms with Crippen LogP contribution < -0.4 is 16.0 Å². The Morgan fingerprint density at radius 1 is 0.895 bits per heavy atom. The van der Waals surface area contributed by atoms with Crippen molar-refractivity contribution in [3.63, 3.8) is 0 Å². The molecule has 6 heteroatoms. The standard InChI is InChI=1S/C13H25N3O3/c1-4-6-15-11(17)8-10(13(19)14-3)9-12(18)16-7-5-2/h10H,4-9H2,1-3H3,(H,14,19)(H,15,17)(H,16,18). The number of hydrogen-bond donors (Lipinski definition) is 3. The maximum absolute atomic E-state index is 11.7. The fourth-order valence-electron chi connectivity index (χ4n) is 1.58. The summed E-state index contributed by atoms with van der Waals surface area (Å²) in [5.41, 5.74) is 0.